The number of ether oxygens (including phenoxy) is 1. The maximum absolute atomic E-state index is 14.5. The van der Waals surface area contributed by atoms with E-state index in [-0.39, 0.29) is 17.9 Å². The van der Waals surface area contributed by atoms with E-state index in [1.165, 1.54) is 31.4 Å². The molecule has 10 heteroatoms. The van der Waals surface area contributed by atoms with Crippen LogP contribution in [0.25, 0.3) is 0 Å². The molecule has 0 unspecified atom stereocenters. The molecule has 2 amide bonds. The molecule has 4 rings (SSSR count). The van der Waals surface area contributed by atoms with Crippen LogP contribution in [0.1, 0.15) is 21.5 Å². The molecular weight excluding hydrogens is 483 g/mol. The number of nitrogens with one attached hydrogen (secondary N) is 1. The summed E-state index contributed by atoms with van der Waals surface area (Å²) in [6.07, 6.45) is -5.22. The number of methoxy groups -OCH3 is 1. The molecule has 3 aromatic rings. The van der Waals surface area contributed by atoms with Crippen LogP contribution in [0.5, 0.6) is 5.75 Å². The second-order valence-corrected chi connectivity index (χ2v) is 8.15. The molecule has 3 aromatic carbocycles. The summed E-state index contributed by atoms with van der Waals surface area (Å²) in [6, 6.07) is 19.8. The largest absolute Gasteiger partial charge is 0.497 e. The summed E-state index contributed by atoms with van der Waals surface area (Å²) >= 11 is 5.81. The highest BCUT2D eigenvalue weighted by Crippen LogP contribution is 2.39. The molecule has 1 aliphatic rings. The van der Waals surface area contributed by atoms with Crippen molar-refractivity contribution in [3.8, 4) is 5.75 Å². The van der Waals surface area contributed by atoms with Crippen molar-refractivity contribution in [3.63, 3.8) is 0 Å². The lowest BCUT2D eigenvalue weighted by Gasteiger charge is -2.29. The summed E-state index contributed by atoms with van der Waals surface area (Å²) < 4.78 is 48.6. The maximum atomic E-state index is 14.5. The average Bonchev–Trinajstić information content (AvgIpc) is 3.13. The summed E-state index contributed by atoms with van der Waals surface area (Å²) in [7, 11) is 1.49. The highest BCUT2D eigenvalue weighted by molar-refractivity contribution is 6.30. The number of hydrogen-bond donors (Lipinski definition) is 1. The highest BCUT2D eigenvalue weighted by atomic mass is 35.5. The van der Waals surface area contributed by atoms with Gasteiger partial charge in [0, 0.05) is 16.1 Å². The van der Waals surface area contributed by atoms with Crippen LogP contribution in [0.15, 0.2) is 83.9 Å². The van der Waals surface area contributed by atoms with Gasteiger partial charge in [0.15, 0.2) is 0 Å². The fourth-order valence-corrected chi connectivity index (χ4v) is 3.73. The molecule has 6 nitrogen and oxygen atoms in total. The number of rotatable bonds is 6. The van der Waals surface area contributed by atoms with Crippen molar-refractivity contribution >= 4 is 29.3 Å². The van der Waals surface area contributed by atoms with Gasteiger partial charge in [0.05, 0.1) is 13.7 Å². The molecule has 180 valence electrons. The van der Waals surface area contributed by atoms with Gasteiger partial charge in [-0.25, -0.2) is 4.99 Å². The lowest BCUT2D eigenvalue weighted by Crippen LogP contribution is -2.63. The third-order valence-electron chi connectivity index (χ3n) is 5.43. The van der Waals surface area contributed by atoms with Crippen LogP contribution in [0.2, 0.25) is 5.02 Å². The number of amidine groups is 1. The smallest absolute Gasteiger partial charge is 0.442 e. The molecule has 1 heterocycles. The van der Waals surface area contributed by atoms with E-state index < -0.39 is 23.7 Å². The first-order valence-electron chi connectivity index (χ1n) is 10.4. The average molecular weight is 502 g/mol. The van der Waals surface area contributed by atoms with E-state index in [2.05, 4.69) is 4.99 Å². The second-order valence-electron chi connectivity index (χ2n) is 7.71. The van der Waals surface area contributed by atoms with Gasteiger partial charge in [-0.1, -0.05) is 54.1 Å². The van der Waals surface area contributed by atoms with Crippen molar-refractivity contribution in [1.29, 1.82) is 0 Å². The third-order valence-corrected chi connectivity index (χ3v) is 5.68. The minimum Gasteiger partial charge on any atom is -0.497 e. The first-order chi connectivity index (χ1) is 16.6. The highest BCUT2D eigenvalue weighted by Gasteiger charge is 2.67. The van der Waals surface area contributed by atoms with Crippen LogP contribution >= 0.6 is 11.6 Å². The molecule has 0 fully saturated rings. The fraction of sp³-hybridized carbons (Fsp3) is 0.160. The van der Waals surface area contributed by atoms with Gasteiger partial charge in [-0.05, 0) is 42.0 Å². The molecule has 35 heavy (non-hydrogen) atoms. The Bertz CT molecular complexity index is 1260. The number of benzene rings is 3. The zero-order chi connectivity index (χ0) is 25.2. The Morgan fingerprint density at radius 2 is 1.66 bits per heavy atom. The van der Waals surface area contributed by atoms with E-state index in [9.17, 15) is 22.8 Å². The Morgan fingerprint density at radius 1 is 1.03 bits per heavy atom. The van der Waals surface area contributed by atoms with Crippen LogP contribution in [-0.4, -0.2) is 41.5 Å². The van der Waals surface area contributed by atoms with Crippen molar-refractivity contribution < 1.29 is 27.5 Å². The number of alkyl halides is 3. The van der Waals surface area contributed by atoms with Crippen LogP contribution < -0.4 is 10.1 Å². The normalized spacial score (nSPS) is 17.8. The SMILES string of the molecule is COc1ccc(CN2C(=O)[C@@](NC(=O)c3ccc(Cl)cc3)(C(F)(F)F)N=C2c2ccccc2)cc1. The second kappa shape index (κ2) is 9.42. The van der Waals surface area contributed by atoms with Crippen molar-refractivity contribution in [2.75, 3.05) is 7.11 Å². The molecule has 0 spiro atoms. The molecule has 0 saturated carbocycles. The zero-order valence-corrected chi connectivity index (χ0v) is 19.1. The maximum Gasteiger partial charge on any atom is 0.442 e. The Morgan fingerprint density at radius 3 is 2.23 bits per heavy atom. The van der Waals surface area contributed by atoms with Crippen molar-refractivity contribution in [3.05, 3.63) is 101 Å². The summed E-state index contributed by atoms with van der Waals surface area (Å²) in [5.41, 5.74) is -2.76. The number of nitrogens with zero attached hydrogens (tertiary/aromatic N) is 2. The van der Waals surface area contributed by atoms with Gasteiger partial charge < -0.3 is 10.1 Å². The molecule has 1 N–H and O–H groups in total. The lowest BCUT2D eigenvalue weighted by molar-refractivity contribution is -0.196. The quantitative estimate of drug-likeness (QED) is 0.526. The van der Waals surface area contributed by atoms with E-state index in [1.807, 2.05) is 5.32 Å². The Balaban J connectivity index is 1.78. The van der Waals surface area contributed by atoms with Crippen LogP contribution in [-0.2, 0) is 11.3 Å². The first kappa shape index (κ1) is 24.3. The summed E-state index contributed by atoms with van der Waals surface area (Å²) in [4.78, 5) is 31.0. The van der Waals surface area contributed by atoms with Crippen LogP contribution in [0.4, 0.5) is 13.2 Å². The standard InChI is InChI=1S/C25H19ClF3N3O3/c1-35-20-13-7-16(8-14-20)15-32-21(17-5-3-2-4-6-17)30-24(23(32)34,25(27,28)29)31-22(33)18-9-11-19(26)12-10-18/h2-14H,15H2,1H3,(H,31,33)/t24-/m1/s1. The van der Waals surface area contributed by atoms with Gasteiger partial charge in [0.1, 0.15) is 11.6 Å². The Hall–Kier alpha value is -3.85. The number of aliphatic imine (C=N–C) groups is 1. The minimum absolute atomic E-state index is 0.101. The van der Waals surface area contributed by atoms with Gasteiger partial charge >= 0.3 is 11.8 Å². The molecule has 0 bridgehead atoms. The van der Waals surface area contributed by atoms with Crippen molar-refractivity contribution in [2.24, 2.45) is 4.99 Å². The predicted molar refractivity (Wildman–Crippen MR) is 124 cm³/mol. The summed E-state index contributed by atoms with van der Waals surface area (Å²) in [5, 5.41) is 2.15. The van der Waals surface area contributed by atoms with Gasteiger partial charge in [0.25, 0.3) is 11.8 Å². The van der Waals surface area contributed by atoms with E-state index in [0.29, 0.717) is 21.9 Å². The first-order valence-corrected chi connectivity index (χ1v) is 10.8. The predicted octanol–water partition coefficient (Wildman–Crippen LogP) is 4.83. The molecule has 0 radical (unpaired) electrons. The van der Waals surface area contributed by atoms with Gasteiger partial charge in [0.2, 0.25) is 0 Å². The molecule has 0 aromatic heterocycles. The van der Waals surface area contributed by atoms with Gasteiger partial charge in [-0.2, -0.15) is 13.2 Å². The number of amides is 2. The number of halogens is 4. The molecule has 0 aliphatic carbocycles. The number of carbonyl (C=O) groups excluding carboxylic acids is 2. The number of hydrogen-bond acceptors (Lipinski definition) is 4. The molecular formula is C25H19ClF3N3O3. The Kier molecular flexibility index (Phi) is 6.53. The van der Waals surface area contributed by atoms with E-state index in [1.54, 1.807) is 54.6 Å². The molecule has 1 atom stereocenters. The van der Waals surface area contributed by atoms with Gasteiger partial charge in [-0.3, -0.25) is 14.5 Å². The summed E-state index contributed by atoms with van der Waals surface area (Å²) in [6.45, 7) is -0.203. The zero-order valence-electron chi connectivity index (χ0n) is 18.3. The fourth-order valence-electron chi connectivity index (χ4n) is 3.60. The van der Waals surface area contributed by atoms with E-state index in [0.717, 1.165) is 4.90 Å². The summed E-state index contributed by atoms with van der Waals surface area (Å²) in [5.74, 6) is -2.18. The molecule has 1 aliphatic heterocycles. The van der Waals surface area contributed by atoms with Crippen LogP contribution in [0.3, 0.4) is 0 Å². The van der Waals surface area contributed by atoms with E-state index in [4.69, 9.17) is 16.3 Å². The number of carbonyl (C=O) groups is 2. The molecule has 0 saturated heterocycles. The lowest BCUT2D eigenvalue weighted by atomic mass is 10.1. The Labute approximate surface area is 204 Å². The topological polar surface area (TPSA) is 71.0 Å². The third kappa shape index (κ3) is 4.72. The van der Waals surface area contributed by atoms with Gasteiger partial charge in [-0.15, -0.1) is 0 Å². The van der Waals surface area contributed by atoms with E-state index >= 15 is 0 Å². The van der Waals surface area contributed by atoms with Crippen molar-refractivity contribution in [1.82, 2.24) is 10.2 Å². The van der Waals surface area contributed by atoms with Crippen LogP contribution in [0, 0.1) is 0 Å². The minimum atomic E-state index is -5.22. The van der Waals surface area contributed by atoms with Crippen molar-refractivity contribution in [2.45, 2.75) is 18.4 Å². The monoisotopic (exact) mass is 501 g/mol.